The van der Waals surface area contributed by atoms with Crippen molar-refractivity contribution in [3.63, 3.8) is 0 Å². The van der Waals surface area contributed by atoms with Crippen LogP contribution in [0.1, 0.15) is 38.1 Å². The minimum atomic E-state index is -1.10. The van der Waals surface area contributed by atoms with Crippen molar-refractivity contribution in [2.24, 2.45) is 0 Å². The van der Waals surface area contributed by atoms with Gasteiger partial charge < -0.3 is 20.6 Å². The van der Waals surface area contributed by atoms with Crippen molar-refractivity contribution in [1.29, 1.82) is 0 Å². The molecule has 0 aliphatic carbocycles. The number of carbonyl (C=O) groups is 2. The Bertz CT molecular complexity index is 1110. The molecule has 3 aromatic rings. The largest absolute Gasteiger partial charge is 0.480 e. The highest BCUT2D eigenvalue weighted by molar-refractivity contribution is 6.02. The van der Waals surface area contributed by atoms with Gasteiger partial charge in [0.1, 0.15) is 17.6 Å². The number of nitrogens with one attached hydrogen (secondary N) is 2. The number of carboxylic acid groups (broad SMARTS) is 1. The molecule has 8 heteroatoms. The molecule has 164 valence electrons. The van der Waals surface area contributed by atoms with Crippen molar-refractivity contribution in [1.82, 2.24) is 14.7 Å². The van der Waals surface area contributed by atoms with Gasteiger partial charge in [-0.3, -0.25) is 14.0 Å². The van der Waals surface area contributed by atoms with Crippen LogP contribution in [0.3, 0.4) is 0 Å². The predicted molar refractivity (Wildman–Crippen MR) is 123 cm³/mol. The molecular weight excluding hydrogens is 394 g/mol. The molecule has 0 radical (unpaired) electrons. The van der Waals surface area contributed by atoms with E-state index in [4.69, 9.17) is 10.1 Å². The number of carbonyl (C=O) groups excluding carboxylic acids is 1. The first-order chi connectivity index (χ1) is 14.5. The fourth-order valence-electron chi connectivity index (χ4n) is 3.17. The number of aromatic nitrogens is 2. The summed E-state index contributed by atoms with van der Waals surface area (Å²) in [6.07, 6.45) is 1.84. The van der Waals surface area contributed by atoms with E-state index in [2.05, 4.69) is 31.4 Å². The summed E-state index contributed by atoms with van der Waals surface area (Å²) in [5, 5.41) is 15.1. The molecule has 1 amide bonds. The first-order valence-electron chi connectivity index (χ1n) is 10.1. The number of amides is 1. The van der Waals surface area contributed by atoms with Gasteiger partial charge in [-0.15, -0.1) is 0 Å². The molecule has 2 aromatic heterocycles. The van der Waals surface area contributed by atoms with Crippen LogP contribution in [0, 0.1) is 0 Å². The van der Waals surface area contributed by atoms with Crippen molar-refractivity contribution in [3.05, 3.63) is 48.2 Å². The molecule has 3 rings (SSSR count). The van der Waals surface area contributed by atoms with Gasteiger partial charge in [0.15, 0.2) is 5.65 Å². The van der Waals surface area contributed by atoms with E-state index in [1.54, 1.807) is 12.1 Å². The van der Waals surface area contributed by atoms with Gasteiger partial charge in [0.2, 0.25) is 0 Å². The molecule has 0 spiro atoms. The molecule has 0 saturated heterocycles. The van der Waals surface area contributed by atoms with E-state index in [1.165, 1.54) is 6.92 Å². The molecule has 1 atom stereocenters. The van der Waals surface area contributed by atoms with Gasteiger partial charge in [-0.05, 0) is 52.0 Å². The fraction of sp³-hybridized carbons (Fsp3) is 0.348. The number of anilines is 2. The van der Waals surface area contributed by atoms with Crippen LogP contribution >= 0.6 is 0 Å². The Balaban J connectivity index is 2.16. The minimum Gasteiger partial charge on any atom is -0.480 e. The van der Waals surface area contributed by atoms with E-state index in [-0.39, 0.29) is 5.54 Å². The van der Waals surface area contributed by atoms with Gasteiger partial charge in [-0.2, -0.15) is 0 Å². The average Bonchev–Trinajstić information content (AvgIpc) is 3.04. The lowest BCUT2D eigenvalue weighted by molar-refractivity contribution is -0.138. The smallest absolute Gasteiger partial charge is 0.325 e. The number of pyridine rings is 1. The maximum absolute atomic E-state index is 12.8. The van der Waals surface area contributed by atoms with Crippen LogP contribution in [0.15, 0.2) is 42.6 Å². The Morgan fingerprint density at radius 2 is 1.77 bits per heavy atom. The SMILES string of the molecule is CC(NC(=O)c1cccn2c(NC(C)(C)C)c(-c3ccc(N(C)C)cc3)nc12)C(=O)O. The lowest BCUT2D eigenvalue weighted by Gasteiger charge is -2.23. The fourth-order valence-corrected chi connectivity index (χ4v) is 3.17. The van der Waals surface area contributed by atoms with Gasteiger partial charge >= 0.3 is 5.97 Å². The number of fused-ring (bicyclic) bond motifs is 1. The molecule has 3 N–H and O–H groups in total. The predicted octanol–water partition coefficient (Wildman–Crippen LogP) is 3.48. The Morgan fingerprint density at radius 1 is 1.13 bits per heavy atom. The van der Waals surface area contributed by atoms with Crippen molar-refractivity contribution in [2.45, 2.75) is 39.3 Å². The van der Waals surface area contributed by atoms with Crippen molar-refractivity contribution in [3.8, 4) is 11.3 Å². The topological polar surface area (TPSA) is 99.0 Å². The monoisotopic (exact) mass is 423 g/mol. The summed E-state index contributed by atoms with van der Waals surface area (Å²) in [5.74, 6) is -0.816. The summed E-state index contributed by atoms with van der Waals surface area (Å²) in [7, 11) is 3.96. The third-order valence-corrected chi connectivity index (χ3v) is 4.76. The summed E-state index contributed by atoms with van der Waals surface area (Å²) >= 11 is 0. The molecule has 2 heterocycles. The maximum atomic E-state index is 12.8. The first-order valence-corrected chi connectivity index (χ1v) is 10.1. The maximum Gasteiger partial charge on any atom is 0.325 e. The second-order valence-corrected chi connectivity index (χ2v) is 8.77. The number of hydrogen-bond acceptors (Lipinski definition) is 5. The van der Waals surface area contributed by atoms with Gasteiger partial charge in [-0.25, -0.2) is 4.98 Å². The average molecular weight is 424 g/mol. The number of aliphatic carboxylic acids is 1. The summed E-state index contributed by atoms with van der Waals surface area (Å²) in [6.45, 7) is 7.58. The summed E-state index contributed by atoms with van der Waals surface area (Å²) < 4.78 is 1.83. The Labute approximate surface area is 181 Å². The first kappa shape index (κ1) is 22.1. The van der Waals surface area contributed by atoms with Gasteiger partial charge in [-0.1, -0.05) is 12.1 Å². The normalized spacial score (nSPS) is 12.5. The molecule has 1 aromatic carbocycles. The zero-order valence-electron chi connectivity index (χ0n) is 18.7. The van der Waals surface area contributed by atoms with Crippen LogP contribution < -0.4 is 15.5 Å². The van der Waals surface area contributed by atoms with Crippen LogP contribution in [-0.2, 0) is 4.79 Å². The van der Waals surface area contributed by atoms with Crippen LogP contribution in [0.25, 0.3) is 16.9 Å². The molecule has 0 fully saturated rings. The molecule has 31 heavy (non-hydrogen) atoms. The van der Waals surface area contributed by atoms with Crippen LogP contribution in [0.2, 0.25) is 0 Å². The molecule has 0 saturated carbocycles. The highest BCUT2D eigenvalue weighted by Gasteiger charge is 2.23. The number of imidazole rings is 1. The number of benzene rings is 1. The summed E-state index contributed by atoms with van der Waals surface area (Å²) in [6, 6.07) is 10.4. The standard InChI is InChI=1S/C23H29N5O3/c1-14(22(30)31)24-21(29)17-8-7-13-28-19(17)25-18(20(28)26-23(2,3)4)15-9-11-16(12-10-15)27(5)6/h7-14,26H,1-6H3,(H,24,29)(H,30,31). The van der Waals surface area contributed by atoms with E-state index in [0.717, 1.165) is 17.1 Å². The van der Waals surface area contributed by atoms with E-state index in [1.807, 2.05) is 53.9 Å². The Morgan fingerprint density at radius 3 is 2.32 bits per heavy atom. The molecule has 0 bridgehead atoms. The number of rotatable bonds is 6. The third kappa shape index (κ3) is 4.79. The molecule has 0 aliphatic rings. The number of hydrogen-bond donors (Lipinski definition) is 3. The van der Waals surface area contributed by atoms with Gasteiger partial charge in [0.05, 0.1) is 5.56 Å². The van der Waals surface area contributed by atoms with Crippen LogP contribution in [-0.4, -0.2) is 52.0 Å². The lowest BCUT2D eigenvalue weighted by atomic mass is 10.1. The quantitative estimate of drug-likeness (QED) is 0.561. The van der Waals surface area contributed by atoms with Gasteiger partial charge in [0, 0.05) is 37.1 Å². The van der Waals surface area contributed by atoms with Crippen molar-refractivity contribution < 1.29 is 14.7 Å². The highest BCUT2D eigenvalue weighted by atomic mass is 16.4. The van der Waals surface area contributed by atoms with Crippen LogP contribution in [0.4, 0.5) is 11.5 Å². The summed E-state index contributed by atoms with van der Waals surface area (Å²) in [5.41, 5.74) is 3.21. The van der Waals surface area contributed by atoms with E-state index >= 15 is 0 Å². The van der Waals surface area contributed by atoms with Gasteiger partial charge in [0.25, 0.3) is 5.91 Å². The minimum absolute atomic E-state index is 0.246. The van der Waals surface area contributed by atoms with E-state index in [9.17, 15) is 9.59 Å². The zero-order valence-corrected chi connectivity index (χ0v) is 18.7. The zero-order chi connectivity index (χ0) is 22.9. The second-order valence-electron chi connectivity index (χ2n) is 8.77. The van der Waals surface area contributed by atoms with E-state index in [0.29, 0.717) is 16.9 Å². The lowest BCUT2D eigenvalue weighted by Crippen LogP contribution is -2.38. The molecular formula is C23H29N5O3. The molecule has 1 unspecified atom stereocenters. The number of nitrogens with zero attached hydrogens (tertiary/aromatic N) is 3. The number of carboxylic acids is 1. The summed E-state index contributed by atoms with van der Waals surface area (Å²) in [4.78, 5) is 30.8. The Hall–Kier alpha value is -3.55. The second kappa shape index (κ2) is 8.29. The molecule has 0 aliphatic heterocycles. The Kier molecular flexibility index (Phi) is 5.92. The van der Waals surface area contributed by atoms with Crippen molar-refractivity contribution >= 4 is 29.0 Å². The highest BCUT2D eigenvalue weighted by Crippen LogP contribution is 2.32. The third-order valence-electron chi connectivity index (χ3n) is 4.76. The van der Waals surface area contributed by atoms with Crippen molar-refractivity contribution in [2.75, 3.05) is 24.3 Å². The van der Waals surface area contributed by atoms with Crippen LogP contribution in [0.5, 0.6) is 0 Å². The van der Waals surface area contributed by atoms with E-state index < -0.39 is 17.9 Å². The molecule has 8 nitrogen and oxygen atoms in total.